The highest BCUT2D eigenvalue weighted by molar-refractivity contribution is 5.94. The van der Waals surface area contributed by atoms with Crippen molar-refractivity contribution >= 4 is 11.9 Å². The predicted molar refractivity (Wildman–Crippen MR) is 89.9 cm³/mol. The van der Waals surface area contributed by atoms with Crippen LogP contribution < -0.4 is 0 Å². The third kappa shape index (κ3) is 3.24. The molecule has 6 heteroatoms. The number of aryl methyl sites for hydroxylation is 1. The van der Waals surface area contributed by atoms with Crippen LogP contribution in [-0.4, -0.2) is 33.4 Å². The van der Waals surface area contributed by atoms with E-state index in [1.165, 1.54) is 18.2 Å². The van der Waals surface area contributed by atoms with Crippen molar-refractivity contribution in [1.29, 1.82) is 0 Å². The van der Waals surface area contributed by atoms with Gasteiger partial charge in [0.2, 0.25) is 0 Å². The molecular formula is C19H19FN2O3. The molecule has 2 heterocycles. The van der Waals surface area contributed by atoms with Gasteiger partial charge in [0.25, 0.3) is 5.91 Å². The number of carbonyl (C=O) groups is 2. The number of carboxylic acids is 1. The van der Waals surface area contributed by atoms with Crippen LogP contribution in [0.15, 0.2) is 36.4 Å². The molecule has 1 amide bonds. The van der Waals surface area contributed by atoms with E-state index in [4.69, 9.17) is 5.11 Å². The first-order chi connectivity index (χ1) is 11.9. The van der Waals surface area contributed by atoms with Gasteiger partial charge >= 0.3 is 5.97 Å². The van der Waals surface area contributed by atoms with Gasteiger partial charge in [-0.1, -0.05) is 25.1 Å². The Labute approximate surface area is 145 Å². The van der Waals surface area contributed by atoms with Gasteiger partial charge in [-0.05, 0) is 37.5 Å². The Hall–Kier alpha value is -2.76. The molecule has 1 N–H and O–H groups in total. The summed E-state index contributed by atoms with van der Waals surface area (Å²) < 4.78 is 14.2. The normalized spacial score (nSPS) is 19.9. The van der Waals surface area contributed by atoms with Crippen LogP contribution in [0.4, 0.5) is 4.39 Å². The molecule has 1 aliphatic rings. The van der Waals surface area contributed by atoms with Crippen LogP contribution in [0.5, 0.6) is 0 Å². The van der Waals surface area contributed by atoms with Crippen molar-refractivity contribution < 1.29 is 19.1 Å². The number of benzene rings is 1. The maximum atomic E-state index is 14.2. The van der Waals surface area contributed by atoms with Gasteiger partial charge in [0.15, 0.2) is 0 Å². The van der Waals surface area contributed by atoms with Gasteiger partial charge in [-0.25, -0.2) is 14.2 Å². The lowest BCUT2D eigenvalue weighted by molar-refractivity contribution is 0.0688. The number of carbonyl (C=O) groups excluding carboxylic acids is 1. The minimum absolute atomic E-state index is 0.0667. The van der Waals surface area contributed by atoms with E-state index in [1.807, 2.05) is 6.92 Å². The number of carboxylic acid groups (broad SMARTS) is 1. The Bertz CT molecular complexity index is 837. The SMILES string of the molecule is Cc1nc(C(=O)N2CC(C)CC2c2ccccc2F)ccc1C(=O)O. The molecule has 1 aromatic heterocycles. The highest BCUT2D eigenvalue weighted by Crippen LogP contribution is 2.37. The largest absolute Gasteiger partial charge is 0.478 e. The van der Waals surface area contributed by atoms with E-state index >= 15 is 0 Å². The maximum Gasteiger partial charge on any atom is 0.337 e. The maximum absolute atomic E-state index is 14.2. The number of amides is 1. The molecule has 5 nitrogen and oxygen atoms in total. The standard InChI is InChI=1S/C19H19FN2O3/c1-11-9-17(14-5-3-4-6-15(14)20)22(10-11)18(23)16-8-7-13(19(24)25)12(2)21-16/h3-8,11,17H,9-10H2,1-2H3,(H,24,25). The zero-order chi connectivity index (χ0) is 18.1. The fourth-order valence-corrected chi connectivity index (χ4v) is 3.36. The van der Waals surface area contributed by atoms with Gasteiger partial charge in [-0.3, -0.25) is 4.79 Å². The number of aromatic carboxylic acids is 1. The summed E-state index contributed by atoms with van der Waals surface area (Å²) >= 11 is 0. The van der Waals surface area contributed by atoms with Crippen LogP contribution in [-0.2, 0) is 0 Å². The molecule has 130 valence electrons. The number of halogens is 1. The van der Waals surface area contributed by atoms with Crippen molar-refractivity contribution in [3.05, 3.63) is 64.7 Å². The molecule has 0 radical (unpaired) electrons. The molecule has 1 saturated heterocycles. The fourth-order valence-electron chi connectivity index (χ4n) is 3.36. The summed E-state index contributed by atoms with van der Waals surface area (Å²) in [6.45, 7) is 4.09. The topological polar surface area (TPSA) is 70.5 Å². The Kier molecular flexibility index (Phi) is 4.53. The third-order valence-corrected chi connectivity index (χ3v) is 4.57. The summed E-state index contributed by atoms with van der Waals surface area (Å²) in [5.74, 6) is -1.47. The monoisotopic (exact) mass is 342 g/mol. The summed E-state index contributed by atoms with van der Waals surface area (Å²) in [7, 11) is 0. The van der Waals surface area contributed by atoms with Crippen molar-refractivity contribution in [3.8, 4) is 0 Å². The molecule has 1 aromatic carbocycles. The number of nitrogens with zero attached hydrogens (tertiary/aromatic N) is 2. The second-order valence-electron chi connectivity index (χ2n) is 6.47. The number of hydrogen-bond acceptors (Lipinski definition) is 3. The van der Waals surface area contributed by atoms with E-state index in [0.717, 1.165) is 0 Å². The van der Waals surface area contributed by atoms with Crippen LogP contribution in [0.3, 0.4) is 0 Å². The average Bonchev–Trinajstić information content (AvgIpc) is 2.95. The van der Waals surface area contributed by atoms with Gasteiger partial charge in [0, 0.05) is 12.1 Å². The first kappa shape index (κ1) is 17.1. The van der Waals surface area contributed by atoms with Crippen molar-refractivity contribution in [3.63, 3.8) is 0 Å². The number of hydrogen-bond donors (Lipinski definition) is 1. The lowest BCUT2D eigenvalue weighted by Crippen LogP contribution is -2.32. The van der Waals surface area contributed by atoms with E-state index in [-0.39, 0.29) is 40.6 Å². The summed E-state index contributed by atoms with van der Waals surface area (Å²) in [6.07, 6.45) is 0.679. The molecule has 1 fully saturated rings. The van der Waals surface area contributed by atoms with Crippen molar-refractivity contribution in [2.24, 2.45) is 5.92 Å². The first-order valence-electron chi connectivity index (χ1n) is 8.14. The lowest BCUT2D eigenvalue weighted by atomic mass is 10.0. The van der Waals surface area contributed by atoms with Crippen LogP contribution in [0.25, 0.3) is 0 Å². The van der Waals surface area contributed by atoms with E-state index in [1.54, 1.807) is 30.0 Å². The highest BCUT2D eigenvalue weighted by atomic mass is 19.1. The van der Waals surface area contributed by atoms with Crippen LogP contribution in [0.1, 0.15) is 51.5 Å². The molecule has 0 bridgehead atoms. The Balaban J connectivity index is 1.94. The van der Waals surface area contributed by atoms with Gasteiger partial charge in [0.05, 0.1) is 17.3 Å². The number of likely N-dealkylation sites (tertiary alicyclic amines) is 1. The zero-order valence-corrected chi connectivity index (χ0v) is 14.1. The molecule has 0 spiro atoms. The molecule has 0 saturated carbocycles. The van der Waals surface area contributed by atoms with Crippen LogP contribution in [0.2, 0.25) is 0 Å². The Morgan fingerprint density at radius 2 is 1.96 bits per heavy atom. The van der Waals surface area contributed by atoms with E-state index < -0.39 is 5.97 Å². The van der Waals surface area contributed by atoms with Gasteiger partial charge in [-0.2, -0.15) is 0 Å². The molecular weight excluding hydrogens is 323 g/mol. The lowest BCUT2D eigenvalue weighted by Gasteiger charge is -2.25. The number of pyridine rings is 1. The minimum atomic E-state index is -1.08. The van der Waals surface area contributed by atoms with Gasteiger partial charge < -0.3 is 10.0 Å². The molecule has 1 aliphatic heterocycles. The summed E-state index contributed by atoms with van der Waals surface area (Å²) in [5, 5.41) is 9.09. The minimum Gasteiger partial charge on any atom is -0.478 e. The van der Waals surface area contributed by atoms with E-state index in [9.17, 15) is 14.0 Å². The molecule has 2 unspecified atom stereocenters. The Morgan fingerprint density at radius 3 is 2.60 bits per heavy atom. The van der Waals surface area contributed by atoms with Crippen molar-refractivity contribution in [1.82, 2.24) is 9.88 Å². The van der Waals surface area contributed by atoms with E-state index in [0.29, 0.717) is 18.5 Å². The third-order valence-electron chi connectivity index (χ3n) is 4.57. The Morgan fingerprint density at radius 1 is 1.24 bits per heavy atom. The summed E-state index contributed by atoms with van der Waals surface area (Å²) in [5.41, 5.74) is 1.03. The highest BCUT2D eigenvalue weighted by Gasteiger charge is 2.36. The molecule has 2 aromatic rings. The second kappa shape index (κ2) is 6.63. The summed E-state index contributed by atoms with van der Waals surface area (Å²) in [4.78, 5) is 29.8. The zero-order valence-electron chi connectivity index (χ0n) is 14.1. The second-order valence-corrected chi connectivity index (χ2v) is 6.47. The fraction of sp³-hybridized carbons (Fsp3) is 0.316. The molecule has 2 atom stereocenters. The molecule has 3 rings (SSSR count). The number of rotatable bonds is 3. The average molecular weight is 342 g/mol. The van der Waals surface area contributed by atoms with Crippen LogP contribution in [0, 0.1) is 18.7 Å². The molecule has 25 heavy (non-hydrogen) atoms. The predicted octanol–water partition coefficient (Wildman–Crippen LogP) is 3.45. The van der Waals surface area contributed by atoms with Gasteiger partial charge in [0.1, 0.15) is 11.5 Å². The first-order valence-corrected chi connectivity index (χ1v) is 8.14. The van der Waals surface area contributed by atoms with Crippen molar-refractivity contribution in [2.75, 3.05) is 6.54 Å². The number of aromatic nitrogens is 1. The van der Waals surface area contributed by atoms with Gasteiger partial charge in [-0.15, -0.1) is 0 Å². The quantitative estimate of drug-likeness (QED) is 0.927. The van der Waals surface area contributed by atoms with E-state index in [2.05, 4.69) is 4.98 Å². The van der Waals surface area contributed by atoms with Crippen molar-refractivity contribution in [2.45, 2.75) is 26.3 Å². The molecule has 0 aliphatic carbocycles. The van der Waals surface area contributed by atoms with Crippen LogP contribution >= 0.6 is 0 Å². The smallest absolute Gasteiger partial charge is 0.337 e. The summed E-state index contributed by atoms with van der Waals surface area (Å²) in [6, 6.07) is 8.93.